The van der Waals surface area contributed by atoms with Gasteiger partial charge in [0.25, 0.3) is 0 Å². The van der Waals surface area contributed by atoms with Crippen molar-refractivity contribution in [2.24, 2.45) is 0 Å². The van der Waals surface area contributed by atoms with Gasteiger partial charge in [0, 0.05) is 12.6 Å². The minimum atomic E-state index is -0.257. The first-order valence-corrected chi connectivity index (χ1v) is 3.48. The highest BCUT2D eigenvalue weighted by Crippen LogP contribution is 1.96. The zero-order valence-corrected chi connectivity index (χ0v) is 6.86. The lowest BCUT2D eigenvalue weighted by Gasteiger charge is -2.28. The Morgan fingerprint density at radius 1 is 1.67 bits per heavy atom. The van der Waals surface area contributed by atoms with Crippen LogP contribution >= 0.6 is 0 Å². The standard InChI is InChI=1S/C6H13NOS/c1-4-7(5(2)3)6(8)9/h5H,4H2,1-3H3,(H,8,9)/p-1. The molecule has 0 saturated heterocycles. The fourth-order valence-corrected chi connectivity index (χ4v) is 1.04. The molecule has 9 heavy (non-hydrogen) atoms. The summed E-state index contributed by atoms with van der Waals surface area (Å²) in [5.41, 5.74) is 0. The van der Waals surface area contributed by atoms with E-state index in [9.17, 15) is 4.79 Å². The van der Waals surface area contributed by atoms with Gasteiger partial charge in [-0.2, -0.15) is 0 Å². The minimum absolute atomic E-state index is 0.236. The molecule has 0 atom stereocenters. The third kappa shape index (κ3) is 2.65. The molecule has 0 aliphatic rings. The Balaban J connectivity index is 3.83. The second-order valence-electron chi connectivity index (χ2n) is 2.15. The van der Waals surface area contributed by atoms with E-state index in [1.54, 1.807) is 4.90 Å². The number of rotatable bonds is 2. The van der Waals surface area contributed by atoms with Crippen molar-refractivity contribution in [1.82, 2.24) is 4.90 Å². The summed E-state index contributed by atoms with van der Waals surface area (Å²) in [6.07, 6.45) is 0. The van der Waals surface area contributed by atoms with Gasteiger partial charge in [0.2, 0.25) is 0 Å². The summed E-state index contributed by atoms with van der Waals surface area (Å²) in [6, 6.07) is 0.236. The van der Waals surface area contributed by atoms with Crippen LogP contribution in [0.25, 0.3) is 0 Å². The average molecular weight is 146 g/mol. The van der Waals surface area contributed by atoms with E-state index < -0.39 is 0 Å². The Bertz CT molecular complexity index is 103. The Morgan fingerprint density at radius 3 is 2.11 bits per heavy atom. The van der Waals surface area contributed by atoms with Crippen molar-refractivity contribution in [3.8, 4) is 0 Å². The molecule has 54 valence electrons. The lowest BCUT2D eigenvalue weighted by Crippen LogP contribution is -2.34. The van der Waals surface area contributed by atoms with Crippen LogP contribution < -0.4 is 0 Å². The molecule has 0 aliphatic heterocycles. The number of carbonyl (C=O) groups is 1. The van der Waals surface area contributed by atoms with E-state index in [0.717, 1.165) is 0 Å². The quantitative estimate of drug-likeness (QED) is 0.549. The third-order valence-electron chi connectivity index (χ3n) is 1.20. The number of amides is 1. The molecule has 0 radical (unpaired) electrons. The van der Waals surface area contributed by atoms with Crippen LogP contribution in [0.15, 0.2) is 0 Å². The van der Waals surface area contributed by atoms with E-state index >= 15 is 0 Å². The van der Waals surface area contributed by atoms with E-state index in [1.165, 1.54) is 0 Å². The van der Waals surface area contributed by atoms with Gasteiger partial charge in [0.05, 0.1) is 0 Å². The van der Waals surface area contributed by atoms with Crippen molar-refractivity contribution < 1.29 is 4.79 Å². The SMILES string of the molecule is CCN(C(=O)[S-])C(C)C. The van der Waals surface area contributed by atoms with Crippen LogP contribution in [0, 0.1) is 0 Å². The van der Waals surface area contributed by atoms with Crippen molar-refractivity contribution in [1.29, 1.82) is 0 Å². The highest BCUT2D eigenvalue weighted by Gasteiger charge is 2.02. The van der Waals surface area contributed by atoms with Crippen LogP contribution in [0.4, 0.5) is 4.79 Å². The summed E-state index contributed by atoms with van der Waals surface area (Å²) < 4.78 is 0. The van der Waals surface area contributed by atoms with Gasteiger partial charge in [-0.3, -0.25) is 0 Å². The predicted molar refractivity (Wildman–Crippen MR) is 40.3 cm³/mol. The molecule has 2 nitrogen and oxygen atoms in total. The first kappa shape index (κ1) is 8.69. The van der Waals surface area contributed by atoms with Crippen LogP contribution in [0.3, 0.4) is 0 Å². The smallest absolute Gasteiger partial charge is 0.101 e. The summed E-state index contributed by atoms with van der Waals surface area (Å²) in [5.74, 6) is 0. The van der Waals surface area contributed by atoms with Crippen molar-refractivity contribution in [2.75, 3.05) is 6.54 Å². The molecule has 0 saturated carbocycles. The summed E-state index contributed by atoms with van der Waals surface area (Å²) in [6.45, 7) is 6.53. The highest BCUT2D eigenvalue weighted by molar-refractivity contribution is 7.76. The van der Waals surface area contributed by atoms with Gasteiger partial charge < -0.3 is 22.3 Å². The van der Waals surface area contributed by atoms with Crippen molar-refractivity contribution in [3.05, 3.63) is 0 Å². The van der Waals surface area contributed by atoms with Crippen LogP contribution in [-0.4, -0.2) is 22.7 Å². The van der Waals surface area contributed by atoms with Gasteiger partial charge in [0.15, 0.2) is 0 Å². The average Bonchev–Trinajstić information content (AvgIpc) is 1.64. The van der Waals surface area contributed by atoms with E-state index in [1.807, 2.05) is 20.8 Å². The molecule has 3 heteroatoms. The number of hydrogen-bond donors (Lipinski definition) is 0. The minimum Gasteiger partial charge on any atom is -0.719 e. The van der Waals surface area contributed by atoms with Crippen molar-refractivity contribution in [3.63, 3.8) is 0 Å². The lowest BCUT2D eigenvalue weighted by molar-refractivity contribution is 0.212. The maximum absolute atomic E-state index is 10.6. The second kappa shape index (κ2) is 3.67. The first-order chi connectivity index (χ1) is 4.09. The number of nitrogens with zero attached hydrogens (tertiary/aromatic N) is 1. The molecule has 0 aromatic rings. The van der Waals surface area contributed by atoms with Crippen LogP contribution in [0.1, 0.15) is 20.8 Å². The van der Waals surface area contributed by atoms with Gasteiger partial charge in [-0.15, -0.1) is 0 Å². The lowest BCUT2D eigenvalue weighted by atomic mass is 10.3. The topological polar surface area (TPSA) is 20.3 Å². The maximum atomic E-state index is 10.6. The molecule has 0 rings (SSSR count). The molecule has 0 spiro atoms. The summed E-state index contributed by atoms with van der Waals surface area (Å²) in [4.78, 5) is 12.2. The monoisotopic (exact) mass is 146 g/mol. The van der Waals surface area contributed by atoms with E-state index in [4.69, 9.17) is 0 Å². The maximum Gasteiger partial charge on any atom is 0.101 e. The van der Waals surface area contributed by atoms with Gasteiger partial charge in [0.1, 0.15) is 5.24 Å². The Morgan fingerprint density at radius 2 is 2.11 bits per heavy atom. The van der Waals surface area contributed by atoms with Gasteiger partial charge in [-0.25, -0.2) is 0 Å². The second-order valence-corrected chi connectivity index (χ2v) is 2.49. The van der Waals surface area contributed by atoms with Crippen molar-refractivity contribution in [2.45, 2.75) is 26.8 Å². The zero-order valence-electron chi connectivity index (χ0n) is 6.05. The molecule has 1 amide bonds. The van der Waals surface area contributed by atoms with Crippen LogP contribution in [0.5, 0.6) is 0 Å². The fraction of sp³-hybridized carbons (Fsp3) is 0.833. The Kier molecular flexibility index (Phi) is 3.54. The van der Waals surface area contributed by atoms with Gasteiger partial charge in [-0.05, 0) is 20.8 Å². The van der Waals surface area contributed by atoms with Gasteiger partial charge in [-0.1, -0.05) is 0 Å². The zero-order chi connectivity index (χ0) is 7.44. The largest absolute Gasteiger partial charge is 0.719 e. The number of hydrogen-bond acceptors (Lipinski definition) is 2. The molecule has 0 bridgehead atoms. The number of carbonyl (C=O) groups excluding carboxylic acids is 1. The molecule has 0 heterocycles. The molecule has 0 unspecified atom stereocenters. The van der Waals surface area contributed by atoms with E-state index in [2.05, 4.69) is 12.6 Å². The third-order valence-corrected chi connectivity index (χ3v) is 1.43. The molecular formula is C6H12NOS-. The molecule has 0 aliphatic carbocycles. The van der Waals surface area contributed by atoms with Crippen molar-refractivity contribution >= 4 is 17.9 Å². The van der Waals surface area contributed by atoms with Gasteiger partial charge >= 0.3 is 0 Å². The van der Waals surface area contributed by atoms with E-state index in [0.29, 0.717) is 6.54 Å². The van der Waals surface area contributed by atoms with Crippen LogP contribution in [0.2, 0.25) is 0 Å². The van der Waals surface area contributed by atoms with E-state index in [-0.39, 0.29) is 11.3 Å². The predicted octanol–water partition coefficient (Wildman–Crippen LogP) is 1.38. The highest BCUT2D eigenvalue weighted by atomic mass is 32.1. The van der Waals surface area contributed by atoms with Crippen LogP contribution in [-0.2, 0) is 12.6 Å². The Hall–Kier alpha value is -0.310. The molecule has 0 fully saturated rings. The summed E-state index contributed by atoms with van der Waals surface area (Å²) in [7, 11) is 0. The normalized spacial score (nSPS) is 9.78. The molecule has 0 aromatic carbocycles. The molecular weight excluding hydrogens is 134 g/mol. The summed E-state index contributed by atoms with van der Waals surface area (Å²) in [5, 5.41) is -0.257. The first-order valence-electron chi connectivity index (χ1n) is 3.07. The fourth-order valence-electron chi connectivity index (χ4n) is 0.705. The molecule has 0 N–H and O–H groups in total. The Labute approximate surface area is 61.6 Å². The summed E-state index contributed by atoms with van der Waals surface area (Å²) >= 11 is 4.46. The molecule has 0 aromatic heterocycles.